The van der Waals surface area contributed by atoms with E-state index in [9.17, 15) is 0 Å². The number of hydrogen-bond donors (Lipinski definition) is 1. The highest BCUT2D eigenvalue weighted by molar-refractivity contribution is 9.10. The zero-order valence-corrected chi connectivity index (χ0v) is 13.2. The summed E-state index contributed by atoms with van der Waals surface area (Å²) in [6, 6.07) is 13.9. The van der Waals surface area contributed by atoms with Gasteiger partial charge < -0.3 is 5.32 Å². The molecule has 1 N–H and O–H groups in total. The van der Waals surface area contributed by atoms with E-state index in [0.29, 0.717) is 11.5 Å². The van der Waals surface area contributed by atoms with Gasteiger partial charge in [0.25, 0.3) is 0 Å². The van der Waals surface area contributed by atoms with Crippen molar-refractivity contribution in [2.75, 3.05) is 5.32 Å². The minimum Gasteiger partial charge on any atom is -0.337 e. The van der Waals surface area contributed by atoms with Crippen LogP contribution in [0.1, 0.15) is 5.56 Å². The molecule has 0 aliphatic heterocycles. The maximum atomic E-state index is 4.65. The summed E-state index contributed by atoms with van der Waals surface area (Å²) in [6.07, 6.45) is 0. The number of anilines is 2. The highest BCUT2D eigenvalue weighted by Gasteiger charge is 2.11. The summed E-state index contributed by atoms with van der Waals surface area (Å²) in [5.74, 6) is 0.628. The van der Waals surface area contributed by atoms with E-state index in [1.807, 2.05) is 49.4 Å². The molecule has 0 saturated heterocycles. The fourth-order valence-electron chi connectivity index (χ4n) is 2.32. The van der Waals surface area contributed by atoms with Gasteiger partial charge in [-0.05, 0) is 59.3 Å². The van der Waals surface area contributed by atoms with Crippen molar-refractivity contribution in [3.63, 3.8) is 0 Å². The molecule has 2 heterocycles. The number of fused-ring (bicyclic) bond motifs is 3. The highest BCUT2D eigenvalue weighted by atomic mass is 79.9. The second-order valence-electron chi connectivity index (χ2n) is 5.00. The molecule has 0 spiro atoms. The average Bonchev–Trinajstić information content (AvgIpc) is 3.00. The predicted octanol–water partition coefficient (Wildman–Crippen LogP) is 3.49. The fourth-order valence-corrected chi connectivity index (χ4v) is 2.58. The van der Waals surface area contributed by atoms with E-state index in [2.05, 4.69) is 41.8 Å². The molecule has 108 valence electrons. The van der Waals surface area contributed by atoms with Crippen LogP contribution in [0.4, 0.5) is 11.5 Å². The van der Waals surface area contributed by atoms with E-state index in [1.54, 1.807) is 4.52 Å². The number of aromatic nitrogens is 5. The molecule has 0 saturated carbocycles. The van der Waals surface area contributed by atoms with Crippen LogP contribution in [0.25, 0.3) is 16.7 Å². The monoisotopic (exact) mass is 354 g/mol. The Bertz CT molecular complexity index is 977. The summed E-state index contributed by atoms with van der Waals surface area (Å²) >= 11 is 3.42. The molecule has 22 heavy (non-hydrogen) atoms. The van der Waals surface area contributed by atoms with Crippen molar-refractivity contribution in [2.24, 2.45) is 0 Å². The number of tetrazole rings is 1. The molecule has 0 radical (unpaired) electrons. The van der Waals surface area contributed by atoms with E-state index < -0.39 is 0 Å². The molecule has 7 heteroatoms. The molecule has 0 fully saturated rings. The molecule has 0 bridgehead atoms. The van der Waals surface area contributed by atoms with Crippen molar-refractivity contribution in [1.82, 2.24) is 25.0 Å². The molecular formula is C15H11BrN6. The van der Waals surface area contributed by atoms with E-state index in [-0.39, 0.29) is 0 Å². The average molecular weight is 355 g/mol. The smallest absolute Gasteiger partial charge is 0.222 e. The van der Waals surface area contributed by atoms with Gasteiger partial charge in [-0.2, -0.15) is 4.52 Å². The van der Waals surface area contributed by atoms with Gasteiger partial charge in [-0.3, -0.25) is 0 Å². The van der Waals surface area contributed by atoms with Gasteiger partial charge in [0, 0.05) is 10.2 Å². The quantitative estimate of drug-likeness (QED) is 0.596. The SMILES string of the molecule is Cc1ccc2nc(Nc3ccc(Br)cc3)c3nnnn3c2c1. The fraction of sp³-hybridized carbons (Fsp3) is 0.0667. The lowest BCUT2D eigenvalue weighted by Crippen LogP contribution is -2.01. The summed E-state index contributed by atoms with van der Waals surface area (Å²) in [4.78, 5) is 4.65. The van der Waals surface area contributed by atoms with Gasteiger partial charge in [0.15, 0.2) is 5.82 Å². The summed E-state index contributed by atoms with van der Waals surface area (Å²) < 4.78 is 2.73. The van der Waals surface area contributed by atoms with E-state index in [0.717, 1.165) is 26.8 Å². The van der Waals surface area contributed by atoms with Gasteiger partial charge in [0.05, 0.1) is 11.0 Å². The third kappa shape index (κ3) is 2.19. The second kappa shape index (κ2) is 5.03. The summed E-state index contributed by atoms with van der Waals surface area (Å²) in [7, 11) is 0. The van der Waals surface area contributed by atoms with Crippen molar-refractivity contribution >= 4 is 44.1 Å². The molecule has 2 aromatic carbocycles. The zero-order valence-electron chi connectivity index (χ0n) is 11.7. The Kier molecular flexibility index (Phi) is 3.00. The normalized spacial score (nSPS) is 11.2. The van der Waals surface area contributed by atoms with Crippen LogP contribution in [0.3, 0.4) is 0 Å². The van der Waals surface area contributed by atoms with Gasteiger partial charge in [0.2, 0.25) is 5.65 Å². The number of nitrogens with one attached hydrogen (secondary N) is 1. The Balaban J connectivity index is 1.90. The maximum Gasteiger partial charge on any atom is 0.222 e. The van der Waals surface area contributed by atoms with Crippen LogP contribution in [-0.4, -0.2) is 25.0 Å². The lowest BCUT2D eigenvalue weighted by Gasteiger charge is -2.08. The minimum absolute atomic E-state index is 0.598. The third-order valence-electron chi connectivity index (χ3n) is 3.38. The molecule has 2 aromatic heterocycles. The summed E-state index contributed by atoms with van der Waals surface area (Å²) in [6.45, 7) is 2.03. The molecule has 0 amide bonds. The molecule has 6 nitrogen and oxygen atoms in total. The standard InChI is InChI=1S/C15H11BrN6/c1-9-2-7-12-13(8-9)22-15(19-20-21-22)14(18-12)17-11-5-3-10(16)4-6-11/h2-8H,1H3,(H,17,18). The van der Waals surface area contributed by atoms with Gasteiger partial charge in [-0.1, -0.05) is 22.0 Å². The first-order valence-corrected chi connectivity index (χ1v) is 7.51. The molecule has 0 aliphatic rings. The number of aryl methyl sites for hydroxylation is 1. The molecule has 4 aromatic rings. The molecule has 0 unspecified atom stereocenters. The molecular weight excluding hydrogens is 344 g/mol. The van der Waals surface area contributed by atoms with Crippen LogP contribution in [0.2, 0.25) is 0 Å². The Morgan fingerprint density at radius 3 is 2.73 bits per heavy atom. The second-order valence-corrected chi connectivity index (χ2v) is 5.91. The largest absolute Gasteiger partial charge is 0.337 e. The van der Waals surface area contributed by atoms with Crippen LogP contribution < -0.4 is 5.32 Å². The number of benzene rings is 2. The first-order chi connectivity index (χ1) is 10.7. The molecule has 0 atom stereocenters. The molecule has 0 aliphatic carbocycles. The van der Waals surface area contributed by atoms with E-state index in [1.165, 1.54) is 0 Å². The lowest BCUT2D eigenvalue weighted by atomic mass is 10.2. The van der Waals surface area contributed by atoms with Crippen molar-refractivity contribution in [3.05, 3.63) is 52.5 Å². The Morgan fingerprint density at radius 2 is 1.91 bits per heavy atom. The van der Waals surface area contributed by atoms with Gasteiger partial charge in [0.1, 0.15) is 0 Å². The maximum absolute atomic E-state index is 4.65. The van der Waals surface area contributed by atoms with Crippen molar-refractivity contribution in [1.29, 1.82) is 0 Å². The number of hydrogen-bond acceptors (Lipinski definition) is 5. The Labute approximate surface area is 134 Å². The predicted molar refractivity (Wildman–Crippen MR) is 88.2 cm³/mol. The number of rotatable bonds is 2. The first kappa shape index (κ1) is 13.1. The van der Waals surface area contributed by atoms with Gasteiger partial charge >= 0.3 is 0 Å². The number of halogens is 1. The van der Waals surface area contributed by atoms with Crippen LogP contribution >= 0.6 is 15.9 Å². The van der Waals surface area contributed by atoms with Gasteiger partial charge in [-0.15, -0.1) is 5.10 Å². The van der Waals surface area contributed by atoms with E-state index >= 15 is 0 Å². The Hall–Kier alpha value is -2.54. The third-order valence-corrected chi connectivity index (χ3v) is 3.91. The van der Waals surface area contributed by atoms with Gasteiger partial charge in [-0.25, -0.2) is 4.98 Å². The van der Waals surface area contributed by atoms with Crippen molar-refractivity contribution in [2.45, 2.75) is 6.92 Å². The summed E-state index contributed by atoms with van der Waals surface area (Å²) in [5, 5.41) is 15.2. The minimum atomic E-state index is 0.598. The topological polar surface area (TPSA) is 68.0 Å². The highest BCUT2D eigenvalue weighted by Crippen LogP contribution is 2.24. The number of nitrogens with zero attached hydrogens (tertiary/aromatic N) is 5. The lowest BCUT2D eigenvalue weighted by molar-refractivity contribution is 0.840. The zero-order chi connectivity index (χ0) is 15.1. The summed E-state index contributed by atoms with van der Waals surface area (Å²) in [5.41, 5.74) is 4.39. The Morgan fingerprint density at radius 1 is 1.09 bits per heavy atom. The van der Waals surface area contributed by atoms with Crippen LogP contribution in [0.15, 0.2) is 46.9 Å². The first-order valence-electron chi connectivity index (χ1n) is 6.72. The van der Waals surface area contributed by atoms with Crippen molar-refractivity contribution in [3.8, 4) is 0 Å². The van der Waals surface area contributed by atoms with E-state index in [4.69, 9.17) is 0 Å². The van der Waals surface area contributed by atoms with Crippen LogP contribution in [-0.2, 0) is 0 Å². The van der Waals surface area contributed by atoms with Crippen LogP contribution in [0, 0.1) is 6.92 Å². The van der Waals surface area contributed by atoms with Crippen molar-refractivity contribution < 1.29 is 0 Å². The van der Waals surface area contributed by atoms with Crippen LogP contribution in [0.5, 0.6) is 0 Å². The molecule has 4 rings (SSSR count).